The number of fused-ring (bicyclic) bond motifs is 1. The van der Waals surface area contributed by atoms with Crippen molar-refractivity contribution in [3.8, 4) is 17.6 Å². The summed E-state index contributed by atoms with van der Waals surface area (Å²) in [4.78, 5) is 3.99. The highest BCUT2D eigenvalue weighted by atomic mass is 19.4. The van der Waals surface area contributed by atoms with E-state index in [1.165, 1.54) is 7.11 Å². The molecule has 3 rings (SSSR count). The summed E-state index contributed by atoms with van der Waals surface area (Å²) < 4.78 is 45.3. The molecule has 1 aromatic carbocycles. The molecule has 0 atom stereocenters. The molecule has 8 heteroatoms. The smallest absolute Gasteiger partial charge is 0.406 e. The van der Waals surface area contributed by atoms with Crippen LogP contribution in [0.25, 0.3) is 10.9 Å². The van der Waals surface area contributed by atoms with Gasteiger partial charge in [-0.05, 0) is 24.1 Å². The lowest BCUT2D eigenvalue weighted by Gasteiger charge is -2.11. The predicted molar refractivity (Wildman–Crippen MR) is 98.6 cm³/mol. The summed E-state index contributed by atoms with van der Waals surface area (Å²) in [5.41, 5.74) is 7.60. The van der Waals surface area contributed by atoms with Gasteiger partial charge in [-0.3, -0.25) is 4.98 Å². The number of pyridine rings is 1. The molecule has 0 unspecified atom stereocenters. The van der Waals surface area contributed by atoms with Crippen molar-refractivity contribution in [1.82, 2.24) is 9.55 Å². The summed E-state index contributed by atoms with van der Waals surface area (Å²) in [7, 11) is 1.53. The van der Waals surface area contributed by atoms with Gasteiger partial charge < -0.3 is 20.4 Å². The quantitative estimate of drug-likeness (QED) is 0.540. The summed E-state index contributed by atoms with van der Waals surface area (Å²) in [6.45, 7) is -0.918. The molecule has 2 heterocycles. The van der Waals surface area contributed by atoms with Crippen LogP contribution in [0.5, 0.6) is 5.75 Å². The summed E-state index contributed by atoms with van der Waals surface area (Å²) >= 11 is 0. The van der Waals surface area contributed by atoms with E-state index in [0.29, 0.717) is 28.0 Å². The van der Waals surface area contributed by atoms with Crippen molar-refractivity contribution < 1.29 is 17.9 Å². The number of ether oxygens (including phenoxy) is 1. The number of nitrogens with zero attached hydrogens (tertiary/aromatic N) is 2. The van der Waals surface area contributed by atoms with Gasteiger partial charge in [-0.1, -0.05) is 12.0 Å². The van der Waals surface area contributed by atoms with E-state index in [2.05, 4.69) is 22.1 Å². The molecule has 0 fully saturated rings. The largest absolute Gasteiger partial charge is 0.494 e. The van der Waals surface area contributed by atoms with Crippen LogP contribution < -0.4 is 15.8 Å². The highest BCUT2D eigenvalue weighted by Crippen LogP contribution is 2.28. The topological polar surface area (TPSA) is 65.1 Å². The lowest BCUT2D eigenvalue weighted by Crippen LogP contribution is -2.18. The Bertz CT molecular complexity index is 1020. The zero-order valence-corrected chi connectivity index (χ0v) is 14.5. The molecule has 0 aliphatic carbocycles. The van der Waals surface area contributed by atoms with Crippen molar-refractivity contribution in [2.75, 3.05) is 24.7 Å². The van der Waals surface area contributed by atoms with Gasteiger partial charge in [0.2, 0.25) is 0 Å². The second-order valence-corrected chi connectivity index (χ2v) is 5.74. The molecular weight excluding hydrogens is 357 g/mol. The monoisotopic (exact) mass is 374 g/mol. The molecule has 0 aliphatic heterocycles. The van der Waals surface area contributed by atoms with Gasteiger partial charge >= 0.3 is 6.18 Å². The van der Waals surface area contributed by atoms with Crippen LogP contribution in [0, 0.1) is 11.8 Å². The molecule has 0 saturated carbocycles. The first-order chi connectivity index (χ1) is 12.9. The van der Waals surface area contributed by atoms with Crippen molar-refractivity contribution in [3.63, 3.8) is 0 Å². The molecule has 2 aromatic heterocycles. The van der Waals surface area contributed by atoms with E-state index >= 15 is 0 Å². The van der Waals surface area contributed by atoms with E-state index in [0.717, 1.165) is 4.57 Å². The molecule has 3 N–H and O–H groups in total. The van der Waals surface area contributed by atoms with Crippen LogP contribution in [0.3, 0.4) is 0 Å². The normalized spacial score (nSPS) is 11.1. The van der Waals surface area contributed by atoms with Crippen LogP contribution in [-0.2, 0) is 6.54 Å². The molecule has 0 saturated heterocycles. The number of nitrogens with one attached hydrogen (secondary N) is 1. The van der Waals surface area contributed by atoms with Gasteiger partial charge in [0.05, 0.1) is 36.7 Å². The minimum atomic E-state index is -4.37. The number of hydrogen-bond donors (Lipinski definition) is 2. The first-order valence-corrected chi connectivity index (χ1v) is 8.04. The first-order valence-electron chi connectivity index (χ1n) is 8.04. The van der Waals surface area contributed by atoms with Crippen molar-refractivity contribution in [3.05, 3.63) is 48.4 Å². The lowest BCUT2D eigenvalue weighted by atomic mass is 10.2. The number of anilines is 2. The van der Waals surface area contributed by atoms with E-state index < -0.39 is 12.7 Å². The fraction of sp³-hybridized carbons (Fsp3) is 0.211. The predicted octanol–water partition coefficient (Wildman–Crippen LogP) is 3.65. The van der Waals surface area contributed by atoms with Crippen LogP contribution in [0.4, 0.5) is 24.5 Å². The highest BCUT2D eigenvalue weighted by molar-refractivity contribution is 5.92. The maximum Gasteiger partial charge on any atom is 0.406 e. The van der Waals surface area contributed by atoms with Crippen LogP contribution in [0.15, 0.2) is 42.7 Å². The first kappa shape index (κ1) is 18.5. The number of methoxy groups -OCH3 is 1. The molecule has 27 heavy (non-hydrogen) atoms. The van der Waals surface area contributed by atoms with E-state index in [1.54, 1.807) is 42.7 Å². The van der Waals surface area contributed by atoms with Gasteiger partial charge in [0.1, 0.15) is 12.3 Å². The van der Waals surface area contributed by atoms with Gasteiger partial charge in [-0.25, -0.2) is 0 Å². The minimum Gasteiger partial charge on any atom is -0.494 e. The Kier molecular flexibility index (Phi) is 5.12. The second kappa shape index (κ2) is 7.50. The van der Waals surface area contributed by atoms with Gasteiger partial charge in [-0.2, -0.15) is 13.2 Å². The summed E-state index contributed by atoms with van der Waals surface area (Å²) in [5.74, 6) is 6.23. The van der Waals surface area contributed by atoms with Crippen molar-refractivity contribution in [2.45, 2.75) is 12.7 Å². The molecule has 0 aliphatic rings. The fourth-order valence-corrected chi connectivity index (χ4v) is 2.73. The molecule has 0 spiro atoms. The van der Waals surface area contributed by atoms with Gasteiger partial charge in [0, 0.05) is 23.3 Å². The van der Waals surface area contributed by atoms with Crippen molar-refractivity contribution in [2.24, 2.45) is 0 Å². The zero-order chi connectivity index (χ0) is 19.4. The molecule has 5 nitrogen and oxygen atoms in total. The van der Waals surface area contributed by atoms with Crippen LogP contribution in [0.1, 0.15) is 5.69 Å². The van der Waals surface area contributed by atoms with E-state index in [9.17, 15) is 13.2 Å². The van der Waals surface area contributed by atoms with Gasteiger partial charge in [0.25, 0.3) is 0 Å². The maximum atomic E-state index is 13.0. The van der Waals surface area contributed by atoms with Crippen LogP contribution in [0.2, 0.25) is 0 Å². The molecule has 0 radical (unpaired) electrons. The molecule has 0 bridgehead atoms. The number of hydrogen-bond acceptors (Lipinski definition) is 4. The zero-order valence-electron chi connectivity index (χ0n) is 14.5. The molecule has 140 valence electrons. The Labute approximate surface area is 153 Å². The fourth-order valence-electron chi connectivity index (χ4n) is 2.73. The number of aromatic nitrogens is 2. The Hall–Kier alpha value is -3.34. The Morgan fingerprint density at radius 1 is 1.30 bits per heavy atom. The van der Waals surface area contributed by atoms with E-state index in [1.807, 2.05) is 0 Å². The number of alkyl halides is 3. The number of halogens is 3. The number of rotatable bonds is 4. The second-order valence-electron chi connectivity index (χ2n) is 5.74. The van der Waals surface area contributed by atoms with Gasteiger partial charge in [-0.15, -0.1) is 0 Å². The third-order valence-electron chi connectivity index (χ3n) is 3.90. The van der Waals surface area contributed by atoms with E-state index in [4.69, 9.17) is 10.5 Å². The van der Waals surface area contributed by atoms with Crippen molar-refractivity contribution >= 4 is 22.3 Å². The average molecular weight is 374 g/mol. The molecule has 0 amide bonds. The highest BCUT2D eigenvalue weighted by Gasteiger charge is 2.29. The molecule has 3 aromatic rings. The third kappa shape index (κ3) is 4.26. The Morgan fingerprint density at radius 3 is 2.85 bits per heavy atom. The van der Waals surface area contributed by atoms with Crippen molar-refractivity contribution in [1.29, 1.82) is 0 Å². The third-order valence-corrected chi connectivity index (χ3v) is 3.90. The van der Waals surface area contributed by atoms with Crippen LogP contribution in [-0.4, -0.2) is 29.4 Å². The Morgan fingerprint density at radius 2 is 2.11 bits per heavy atom. The summed E-state index contributed by atoms with van der Waals surface area (Å²) in [6, 6.07) is 8.14. The number of nitrogen functional groups attached to an aromatic ring is 1. The van der Waals surface area contributed by atoms with Gasteiger partial charge in [0.15, 0.2) is 0 Å². The standard InChI is InChI=1S/C19H17F3N4O/c1-27-18-7-9-24-11-16(18)25-8-3-4-13-10-14-15(23)5-2-6-17(14)26(13)12-19(20,21)22/h2,5-7,9-11,25H,8,12,23H2,1H3. The van der Waals surface area contributed by atoms with E-state index in [-0.39, 0.29) is 12.2 Å². The lowest BCUT2D eigenvalue weighted by molar-refractivity contribution is -0.140. The maximum absolute atomic E-state index is 13.0. The Balaban J connectivity index is 1.87. The minimum absolute atomic E-state index is 0.213. The number of benzene rings is 1. The SMILES string of the molecule is COc1ccncc1NCC#Cc1cc2c(N)cccc2n1CC(F)(F)F. The summed E-state index contributed by atoms with van der Waals surface area (Å²) in [5, 5.41) is 3.58. The average Bonchev–Trinajstić information content (AvgIpc) is 2.96. The molecular formula is C19H17F3N4O. The number of nitrogens with two attached hydrogens (primary N) is 1. The van der Waals surface area contributed by atoms with Crippen LogP contribution >= 0.6 is 0 Å². The summed E-state index contributed by atoms with van der Waals surface area (Å²) in [6.07, 6.45) is -1.19.